The molecule has 0 saturated carbocycles. The van der Waals surface area contributed by atoms with Crippen molar-refractivity contribution in [3.8, 4) is 0 Å². The van der Waals surface area contributed by atoms with Gasteiger partial charge in [0.05, 0.1) is 18.0 Å². The molecule has 1 aliphatic rings. The third-order valence-corrected chi connectivity index (χ3v) is 6.86. The molecule has 0 bridgehead atoms. The van der Waals surface area contributed by atoms with E-state index in [2.05, 4.69) is 10.1 Å². The third kappa shape index (κ3) is 4.16. The van der Waals surface area contributed by atoms with Gasteiger partial charge in [-0.3, -0.25) is 15.0 Å². The van der Waals surface area contributed by atoms with Crippen molar-refractivity contribution >= 4 is 32.8 Å². The summed E-state index contributed by atoms with van der Waals surface area (Å²) in [6, 6.07) is 12.1. The topological polar surface area (TPSA) is 96.0 Å². The second kappa shape index (κ2) is 8.26. The summed E-state index contributed by atoms with van der Waals surface area (Å²) in [7, 11) is -2.43. The maximum Gasteiger partial charge on any atom is 0.413 e. The number of methoxy groups -OCH3 is 1. The Bertz CT molecular complexity index is 984. The summed E-state index contributed by atoms with van der Waals surface area (Å²) in [5.74, 6) is -0.474. The number of benzene rings is 2. The highest BCUT2D eigenvalue weighted by Crippen LogP contribution is 2.23. The first-order valence-electron chi connectivity index (χ1n) is 8.95. The van der Waals surface area contributed by atoms with Crippen LogP contribution in [0.4, 0.5) is 4.79 Å². The molecule has 0 spiro atoms. The first kappa shape index (κ1) is 20.2. The largest absolute Gasteiger partial charge is 0.453 e. The molecule has 3 rings (SSSR count). The summed E-state index contributed by atoms with van der Waals surface area (Å²) in [6.45, 7) is 2.99. The number of alkyl carbamates (subject to hydrolysis) is 1. The molecule has 1 saturated heterocycles. The molecule has 1 aliphatic heterocycles. The lowest BCUT2D eigenvalue weighted by atomic mass is 10.1. The minimum absolute atomic E-state index is 0.260. The zero-order valence-electron chi connectivity index (χ0n) is 15.8. The van der Waals surface area contributed by atoms with E-state index in [1.807, 2.05) is 29.2 Å². The van der Waals surface area contributed by atoms with E-state index in [-0.39, 0.29) is 18.0 Å². The smallest absolute Gasteiger partial charge is 0.413 e. The Labute approximate surface area is 164 Å². The molecular weight excluding hydrogens is 382 g/mol. The number of hydrogen-bond donors (Lipinski definition) is 1. The van der Waals surface area contributed by atoms with Crippen molar-refractivity contribution in [2.75, 3.05) is 33.3 Å². The second-order valence-corrected chi connectivity index (χ2v) is 8.54. The zero-order valence-corrected chi connectivity index (χ0v) is 16.6. The number of ether oxygens (including phenoxy) is 1. The summed E-state index contributed by atoms with van der Waals surface area (Å²) in [5, 5.41) is 3.99. The Hall–Kier alpha value is -2.49. The van der Waals surface area contributed by atoms with Gasteiger partial charge in [0.2, 0.25) is 15.9 Å². The molecule has 1 fully saturated rings. The normalized spacial score (nSPS) is 17.2. The monoisotopic (exact) mass is 405 g/mol. The molecule has 8 nitrogen and oxygen atoms in total. The number of nitrogens with one attached hydrogen (secondary N) is 1. The highest BCUT2D eigenvalue weighted by Gasteiger charge is 2.32. The van der Waals surface area contributed by atoms with Gasteiger partial charge in [0, 0.05) is 26.2 Å². The Balaban J connectivity index is 1.67. The lowest BCUT2D eigenvalue weighted by Crippen LogP contribution is -2.55. The Kier molecular flexibility index (Phi) is 5.97. The lowest BCUT2D eigenvalue weighted by molar-refractivity contribution is -0.125. The molecular formula is C19H23N3O5S. The van der Waals surface area contributed by atoms with E-state index < -0.39 is 28.1 Å². The van der Waals surface area contributed by atoms with E-state index >= 15 is 0 Å². The van der Waals surface area contributed by atoms with E-state index in [0.29, 0.717) is 13.1 Å². The first-order chi connectivity index (χ1) is 13.3. The SMILES string of the molecule is COC(=O)NC(=O)[C@@H](C)N1CCN(S(=O)(=O)c2ccc3ccccc3c2)CC1. The number of fused-ring (bicyclic) bond motifs is 1. The summed E-state index contributed by atoms with van der Waals surface area (Å²) in [4.78, 5) is 25.3. The van der Waals surface area contributed by atoms with Crippen LogP contribution in [-0.4, -0.2) is 69.0 Å². The molecule has 0 aliphatic carbocycles. The van der Waals surface area contributed by atoms with Crippen molar-refractivity contribution in [1.29, 1.82) is 0 Å². The van der Waals surface area contributed by atoms with Crippen LogP contribution in [-0.2, 0) is 19.6 Å². The maximum absolute atomic E-state index is 13.0. The van der Waals surface area contributed by atoms with E-state index in [1.54, 1.807) is 25.1 Å². The minimum Gasteiger partial charge on any atom is -0.453 e. The van der Waals surface area contributed by atoms with Gasteiger partial charge in [0.1, 0.15) is 0 Å². The number of carbonyl (C=O) groups is 2. The maximum atomic E-state index is 13.0. The third-order valence-electron chi connectivity index (χ3n) is 4.97. The van der Waals surface area contributed by atoms with Crippen molar-refractivity contribution in [2.45, 2.75) is 17.9 Å². The van der Waals surface area contributed by atoms with E-state index in [1.165, 1.54) is 11.4 Å². The average molecular weight is 405 g/mol. The number of piperazine rings is 1. The van der Waals surface area contributed by atoms with Crippen LogP contribution in [0.3, 0.4) is 0 Å². The number of amides is 2. The van der Waals surface area contributed by atoms with Gasteiger partial charge in [-0.25, -0.2) is 13.2 Å². The highest BCUT2D eigenvalue weighted by atomic mass is 32.2. The van der Waals surface area contributed by atoms with Gasteiger partial charge in [-0.15, -0.1) is 0 Å². The van der Waals surface area contributed by atoms with Crippen molar-refractivity contribution in [1.82, 2.24) is 14.5 Å². The molecule has 0 unspecified atom stereocenters. The van der Waals surface area contributed by atoms with Gasteiger partial charge < -0.3 is 4.74 Å². The van der Waals surface area contributed by atoms with Crippen molar-refractivity contribution < 1.29 is 22.7 Å². The van der Waals surface area contributed by atoms with Gasteiger partial charge in [-0.2, -0.15) is 4.31 Å². The van der Waals surface area contributed by atoms with Crippen molar-refractivity contribution in [3.63, 3.8) is 0 Å². The first-order valence-corrected chi connectivity index (χ1v) is 10.4. The van der Waals surface area contributed by atoms with Crippen LogP contribution in [0, 0.1) is 0 Å². The number of sulfonamides is 1. The van der Waals surface area contributed by atoms with Crippen molar-refractivity contribution in [2.24, 2.45) is 0 Å². The minimum atomic E-state index is -3.61. The van der Waals surface area contributed by atoms with Crippen LogP contribution in [0.5, 0.6) is 0 Å². The number of carbonyl (C=O) groups excluding carboxylic acids is 2. The fraction of sp³-hybridized carbons (Fsp3) is 0.368. The van der Waals surface area contributed by atoms with Gasteiger partial charge in [0.15, 0.2) is 0 Å². The van der Waals surface area contributed by atoms with Crippen LogP contribution in [0.15, 0.2) is 47.4 Å². The van der Waals surface area contributed by atoms with Gasteiger partial charge >= 0.3 is 6.09 Å². The number of nitrogens with zero attached hydrogens (tertiary/aromatic N) is 2. The average Bonchev–Trinajstić information content (AvgIpc) is 2.72. The van der Waals surface area contributed by atoms with Crippen LogP contribution in [0.25, 0.3) is 10.8 Å². The Morgan fingerprint density at radius 1 is 1.04 bits per heavy atom. The van der Waals surface area contributed by atoms with E-state index in [9.17, 15) is 18.0 Å². The summed E-state index contributed by atoms with van der Waals surface area (Å²) < 4.78 is 31.8. The standard InChI is InChI=1S/C19H23N3O5S/c1-14(18(23)20-19(24)27-2)21-9-11-22(12-10-21)28(25,26)17-8-7-15-5-3-4-6-16(15)13-17/h3-8,13-14H,9-12H2,1-2H3,(H,20,23,24)/t14-/m1/s1. The molecule has 2 aromatic carbocycles. The van der Waals surface area contributed by atoms with Crippen molar-refractivity contribution in [3.05, 3.63) is 42.5 Å². The molecule has 2 aromatic rings. The number of rotatable bonds is 4. The predicted octanol–water partition coefficient (Wildman–Crippen LogP) is 1.42. The molecule has 9 heteroatoms. The molecule has 1 heterocycles. The zero-order chi connectivity index (χ0) is 20.3. The quantitative estimate of drug-likeness (QED) is 0.827. The second-order valence-electron chi connectivity index (χ2n) is 6.61. The molecule has 0 radical (unpaired) electrons. The molecule has 2 amide bonds. The van der Waals surface area contributed by atoms with Gasteiger partial charge in [0.25, 0.3) is 0 Å². The summed E-state index contributed by atoms with van der Waals surface area (Å²) in [6.07, 6.45) is -0.811. The fourth-order valence-corrected chi connectivity index (χ4v) is 4.69. The highest BCUT2D eigenvalue weighted by molar-refractivity contribution is 7.89. The van der Waals surface area contributed by atoms with E-state index in [4.69, 9.17) is 0 Å². The van der Waals surface area contributed by atoms with Crippen LogP contribution < -0.4 is 5.32 Å². The number of imide groups is 1. The van der Waals surface area contributed by atoms with Crippen LogP contribution >= 0.6 is 0 Å². The van der Waals surface area contributed by atoms with Gasteiger partial charge in [-0.05, 0) is 29.8 Å². The number of hydrogen-bond acceptors (Lipinski definition) is 6. The van der Waals surface area contributed by atoms with Crippen LogP contribution in [0.1, 0.15) is 6.92 Å². The van der Waals surface area contributed by atoms with Gasteiger partial charge in [-0.1, -0.05) is 30.3 Å². The lowest BCUT2D eigenvalue weighted by Gasteiger charge is -2.36. The predicted molar refractivity (Wildman–Crippen MR) is 104 cm³/mol. The fourth-order valence-electron chi connectivity index (χ4n) is 3.23. The van der Waals surface area contributed by atoms with Crippen LogP contribution in [0.2, 0.25) is 0 Å². The Morgan fingerprint density at radius 2 is 1.68 bits per heavy atom. The summed E-state index contributed by atoms with van der Waals surface area (Å²) in [5.41, 5.74) is 0. The molecule has 0 aromatic heterocycles. The molecule has 1 N–H and O–H groups in total. The Morgan fingerprint density at radius 3 is 2.32 bits per heavy atom. The molecule has 1 atom stereocenters. The van der Waals surface area contributed by atoms with E-state index in [0.717, 1.165) is 10.8 Å². The molecule has 28 heavy (non-hydrogen) atoms. The molecule has 150 valence electrons. The summed E-state index contributed by atoms with van der Waals surface area (Å²) >= 11 is 0.